The van der Waals surface area contributed by atoms with E-state index in [1.807, 2.05) is 30.3 Å². The molecule has 0 aliphatic rings. The SMILES string of the molecule is [2H]c1c([2H])c([2H])c(-c2nc(-c3ccc4sc5cccc(-n6c7ccccc7c7ccccc76)c5c4c3)nc(-c3cccc4sc5ccccc5c34)n2)c([2H])c1[2H]. The van der Waals surface area contributed by atoms with Gasteiger partial charge < -0.3 is 4.57 Å². The largest absolute Gasteiger partial charge is 0.309 e. The smallest absolute Gasteiger partial charge is 0.164 e. The van der Waals surface area contributed by atoms with Crippen molar-refractivity contribution in [1.82, 2.24) is 19.5 Å². The molecule has 0 bridgehead atoms. The van der Waals surface area contributed by atoms with Gasteiger partial charge in [-0.2, -0.15) is 0 Å². The molecule has 238 valence electrons. The van der Waals surface area contributed by atoms with E-state index in [2.05, 4.69) is 102 Å². The molecule has 4 heterocycles. The van der Waals surface area contributed by atoms with E-state index in [0.717, 1.165) is 62.6 Å². The Morgan fingerprint density at radius 3 is 1.80 bits per heavy atom. The molecule has 0 amide bonds. The van der Waals surface area contributed by atoms with E-state index >= 15 is 0 Å². The Bertz CT molecular complexity index is 3380. The minimum absolute atomic E-state index is 0.0137. The second kappa shape index (κ2) is 11.2. The third kappa shape index (κ3) is 4.40. The molecule has 0 fully saturated rings. The second-order valence-corrected chi connectivity index (χ2v) is 14.6. The highest BCUT2D eigenvalue weighted by Crippen LogP contribution is 2.43. The van der Waals surface area contributed by atoms with Crippen LogP contribution in [0, 0.1) is 0 Å². The van der Waals surface area contributed by atoms with Gasteiger partial charge in [0.1, 0.15) is 0 Å². The van der Waals surface area contributed by atoms with Gasteiger partial charge in [-0.05, 0) is 54.6 Å². The topological polar surface area (TPSA) is 43.6 Å². The number of thiophene rings is 2. The van der Waals surface area contributed by atoms with Crippen molar-refractivity contribution >= 4 is 84.8 Å². The van der Waals surface area contributed by atoms with Gasteiger partial charge in [-0.3, -0.25) is 0 Å². The molecule has 0 saturated carbocycles. The molecule has 7 aromatic carbocycles. The molecule has 0 aliphatic heterocycles. The fourth-order valence-corrected chi connectivity index (χ4v) is 9.62. The van der Waals surface area contributed by atoms with Crippen LogP contribution in [0.5, 0.6) is 0 Å². The maximum Gasteiger partial charge on any atom is 0.164 e. The summed E-state index contributed by atoms with van der Waals surface area (Å²) in [4.78, 5) is 14.9. The lowest BCUT2D eigenvalue weighted by molar-refractivity contribution is 1.08. The zero-order valence-corrected chi connectivity index (χ0v) is 28.4. The minimum atomic E-state index is -0.471. The van der Waals surface area contributed by atoms with Crippen LogP contribution in [-0.4, -0.2) is 19.5 Å². The summed E-state index contributed by atoms with van der Waals surface area (Å²) < 4.78 is 49.6. The first-order valence-electron chi connectivity index (χ1n) is 19.0. The zero-order chi connectivity index (χ0) is 37.8. The Balaban J connectivity index is 1.19. The predicted molar refractivity (Wildman–Crippen MR) is 216 cm³/mol. The molecule has 51 heavy (non-hydrogen) atoms. The van der Waals surface area contributed by atoms with Crippen LogP contribution < -0.4 is 0 Å². The molecule has 11 rings (SSSR count). The molecule has 0 N–H and O–H groups in total. The monoisotopic (exact) mass is 691 g/mol. The first kappa shape index (κ1) is 24.0. The standard InChI is InChI=1S/C45H26N4S2/c1-2-12-27(13-3-1)43-46-44(48-45(47-43)32-17-10-22-39-41(32)31-16-6-9-21-37(31)50-39)28-24-25-38-33(26-28)42-36(20-11-23-40(42)51-38)49-34-18-7-4-14-29(34)30-15-5-8-19-35(30)49/h1-26H/i1D,2D,3D,12D,13D. The van der Waals surface area contributed by atoms with Crippen LogP contribution in [-0.2, 0) is 0 Å². The van der Waals surface area contributed by atoms with Crippen molar-refractivity contribution in [3.8, 4) is 39.9 Å². The maximum atomic E-state index is 8.85. The van der Waals surface area contributed by atoms with E-state index < -0.39 is 18.1 Å². The fraction of sp³-hybridized carbons (Fsp3) is 0. The summed E-state index contributed by atoms with van der Waals surface area (Å²) in [6.07, 6.45) is 0. The Hall–Kier alpha value is -6.21. The molecule has 0 atom stereocenters. The lowest BCUT2D eigenvalue weighted by atomic mass is 10.0. The third-order valence-corrected chi connectivity index (χ3v) is 11.8. The molecular weight excluding hydrogens is 661 g/mol. The summed E-state index contributed by atoms with van der Waals surface area (Å²) in [5, 5.41) is 6.58. The molecule has 4 nitrogen and oxygen atoms in total. The van der Waals surface area contributed by atoms with Crippen LogP contribution in [0.1, 0.15) is 6.85 Å². The molecule has 11 aromatic rings. The van der Waals surface area contributed by atoms with E-state index in [1.54, 1.807) is 22.7 Å². The molecule has 0 unspecified atom stereocenters. The van der Waals surface area contributed by atoms with Gasteiger partial charge in [-0.25, -0.2) is 15.0 Å². The number of nitrogens with zero attached hydrogens (tertiary/aromatic N) is 4. The highest BCUT2D eigenvalue weighted by molar-refractivity contribution is 7.26. The van der Waals surface area contributed by atoms with Crippen molar-refractivity contribution in [2.24, 2.45) is 0 Å². The number of para-hydroxylation sites is 2. The van der Waals surface area contributed by atoms with Crippen molar-refractivity contribution in [3.63, 3.8) is 0 Å². The summed E-state index contributed by atoms with van der Waals surface area (Å²) in [5.74, 6) is 0.705. The highest BCUT2D eigenvalue weighted by atomic mass is 32.1. The maximum absolute atomic E-state index is 8.85. The summed E-state index contributed by atoms with van der Waals surface area (Å²) >= 11 is 3.41. The minimum Gasteiger partial charge on any atom is -0.309 e. The quantitative estimate of drug-likeness (QED) is 0.184. The Labute approximate surface area is 307 Å². The number of hydrogen-bond donors (Lipinski definition) is 0. The van der Waals surface area contributed by atoms with Crippen molar-refractivity contribution < 1.29 is 6.85 Å². The van der Waals surface area contributed by atoms with Crippen molar-refractivity contribution in [2.75, 3.05) is 0 Å². The molecule has 0 spiro atoms. The van der Waals surface area contributed by atoms with Crippen LogP contribution in [0.3, 0.4) is 0 Å². The molecule has 0 radical (unpaired) electrons. The van der Waals surface area contributed by atoms with Crippen LogP contribution in [0.15, 0.2) is 158 Å². The molecule has 6 heteroatoms. The third-order valence-electron chi connectivity index (χ3n) is 9.55. The normalized spacial score (nSPS) is 13.3. The summed E-state index contributed by atoms with van der Waals surface area (Å²) in [6, 6.07) is 41.7. The zero-order valence-electron chi connectivity index (χ0n) is 31.7. The van der Waals surface area contributed by atoms with Gasteiger partial charge in [0.15, 0.2) is 17.5 Å². The van der Waals surface area contributed by atoms with Crippen LogP contribution in [0.25, 0.3) is 102 Å². The Kier molecular flexibility index (Phi) is 5.25. The van der Waals surface area contributed by atoms with Crippen molar-refractivity contribution in [1.29, 1.82) is 0 Å². The summed E-state index contributed by atoms with van der Waals surface area (Å²) in [5.41, 5.74) is 4.73. The van der Waals surface area contributed by atoms with Gasteiger partial charge in [-0.15, -0.1) is 22.7 Å². The number of hydrogen-bond acceptors (Lipinski definition) is 5. The summed E-state index contributed by atoms with van der Waals surface area (Å²) in [7, 11) is 0. The van der Waals surface area contributed by atoms with E-state index in [9.17, 15) is 0 Å². The van der Waals surface area contributed by atoms with E-state index in [1.165, 1.54) is 10.8 Å². The molecule has 0 saturated heterocycles. The summed E-state index contributed by atoms with van der Waals surface area (Å²) in [6.45, 7) is 0. The predicted octanol–water partition coefficient (Wildman–Crippen LogP) is 12.7. The van der Waals surface area contributed by atoms with Gasteiger partial charge >= 0.3 is 0 Å². The van der Waals surface area contributed by atoms with Crippen LogP contribution >= 0.6 is 22.7 Å². The van der Waals surface area contributed by atoms with E-state index in [-0.39, 0.29) is 23.5 Å². The Morgan fingerprint density at radius 2 is 1.04 bits per heavy atom. The number of rotatable bonds is 4. The van der Waals surface area contributed by atoms with Gasteiger partial charge in [0.2, 0.25) is 0 Å². The fourth-order valence-electron chi connectivity index (χ4n) is 7.38. The lowest BCUT2D eigenvalue weighted by Gasteiger charge is -2.11. The van der Waals surface area contributed by atoms with Crippen LogP contribution in [0.2, 0.25) is 0 Å². The average molecular weight is 692 g/mol. The van der Waals surface area contributed by atoms with Gasteiger partial charge in [-0.1, -0.05) is 103 Å². The lowest BCUT2D eigenvalue weighted by Crippen LogP contribution is -2.00. The Morgan fingerprint density at radius 1 is 0.451 bits per heavy atom. The first-order chi connectivity index (χ1) is 27.4. The van der Waals surface area contributed by atoms with Crippen LogP contribution in [0.4, 0.5) is 0 Å². The molecule has 0 aliphatic carbocycles. The van der Waals surface area contributed by atoms with Gasteiger partial charge in [0.05, 0.1) is 23.6 Å². The van der Waals surface area contributed by atoms with Gasteiger partial charge in [0.25, 0.3) is 0 Å². The van der Waals surface area contributed by atoms with Crippen molar-refractivity contribution in [2.45, 2.75) is 0 Å². The first-order valence-corrected chi connectivity index (χ1v) is 18.2. The second-order valence-electron chi connectivity index (χ2n) is 12.4. The number of benzene rings is 7. The van der Waals surface area contributed by atoms with E-state index in [4.69, 9.17) is 21.8 Å². The molecule has 4 aromatic heterocycles. The highest BCUT2D eigenvalue weighted by Gasteiger charge is 2.20. The van der Waals surface area contributed by atoms with Gasteiger partial charge in [0, 0.05) is 67.8 Å². The molecular formula is C45H26N4S2. The van der Waals surface area contributed by atoms with E-state index in [0.29, 0.717) is 17.2 Å². The number of fused-ring (bicyclic) bond motifs is 9. The number of aromatic nitrogens is 4. The average Bonchev–Trinajstić information content (AvgIpc) is 3.91. The van der Waals surface area contributed by atoms with Crippen molar-refractivity contribution in [3.05, 3.63) is 158 Å².